The van der Waals surface area contributed by atoms with E-state index in [1.807, 2.05) is 43.3 Å². The Morgan fingerprint density at radius 1 is 1.24 bits per heavy atom. The fourth-order valence-electron chi connectivity index (χ4n) is 2.48. The van der Waals surface area contributed by atoms with Gasteiger partial charge in [-0.1, -0.05) is 36.4 Å². The monoisotopic (exact) mass is 504 g/mol. The number of carbonyl (C=O) groups is 2. The van der Waals surface area contributed by atoms with E-state index in [0.29, 0.717) is 17.9 Å². The smallest absolute Gasteiger partial charge is 0.344 e. The molecule has 1 amide bonds. The predicted molar refractivity (Wildman–Crippen MR) is 118 cm³/mol. The second kappa shape index (κ2) is 11.2. The van der Waals surface area contributed by atoms with Crippen molar-refractivity contribution in [2.75, 3.05) is 13.2 Å². The Hall–Kier alpha value is -2.86. The van der Waals surface area contributed by atoms with Crippen LogP contribution < -0.4 is 10.1 Å². The zero-order chi connectivity index (χ0) is 21.2. The second-order valence-corrected chi connectivity index (χ2v) is 7.22. The first kappa shape index (κ1) is 22.4. The zero-order valence-electron chi connectivity index (χ0n) is 16.1. The molecule has 0 fully saturated rings. The third kappa shape index (κ3) is 6.91. The molecule has 0 bridgehead atoms. The summed E-state index contributed by atoms with van der Waals surface area (Å²) in [5, 5.41) is 12.2. The average molecular weight is 504 g/mol. The summed E-state index contributed by atoms with van der Waals surface area (Å²) in [6.45, 7) is 3.71. The molecule has 0 saturated carbocycles. The van der Waals surface area contributed by atoms with Gasteiger partial charge in [0.25, 0.3) is 5.91 Å². The van der Waals surface area contributed by atoms with Crippen LogP contribution in [-0.4, -0.2) is 25.1 Å². The van der Waals surface area contributed by atoms with Crippen LogP contribution in [0.2, 0.25) is 0 Å². The van der Waals surface area contributed by atoms with Crippen LogP contribution in [0.15, 0.2) is 54.1 Å². The fourth-order valence-corrected chi connectivity index (χ4v) is 3.17. The Morgan fingerprint density at radius 3 is 2.59 bits per heavy atom. The first-order chi connectivity index (χ1) is 13.9. The van der Waals surface area contributed by atoms with Gasteiger partial charge in [0, 0.05) is 0 Å². The number of carbonyl (C=O) groups excluding carboxylic acids is 2. The lowest BCUT2D eigenvalue weighted by Crippen LogP contribution is -2.27. The molecule has 0 aliphatic heterocycles. The van der Waals surface area contributed by atoms with Gasteiger partial charge >= 0.3 is 5.97 Å². The van der Waals surface area contributed by atoms with Crippen molar-refractivity contribution in [1.29, 1.82) is 5.26 Å². The number of esters is 1. The van der Waals surface area contributed by atoms with Crippen LogP contribution in [0.5, 0.6) is 5.75 Å². The maximum atomic E-state index is 12.5. The van der Waals surface area contributed by atoms with Crippen molar-refractivity contribution in [3.05, 3.63) is 68.8 Å². The number of nitriles is 1. The van der Waals surface area contributed by atoms with E-state index in [-0.39, 0.29) is 18.2 Å². The molecule has 0 unspecified atom stereocenters. The Balaban J connectivity index is 2.08. The highest BCUT2D eigenvalue weighted by Gasteiger charge is 2.14. The molecule has 29 heavy (non-hydrogen) atoms. The normalized spacial score (nSPS) is 11.9. The Bertz CT molecular complexity index is 936. The summed E-state index contributed by atoms with van der Waals surface area (Å²) in [5.74, 6) is -0.360. The minimum absolute atomic E-state index is 0.00349. The lowest BCUT2D eigenvalue weighted by molar-refractivity contribution is -0.145. The standard InChI is InChI=1S/C22H21IN2O4/c1-3-28-21(26)14-29-20-10-9-16(12-19(20)23)11-18(13-24)22(27)25-15(2)17-7-5-4-6-8-17/h4-12,15H,3,14H2,1-2H3,(H,25,27)/b18-11-/t15-/m0/s1. The van der Waals surface area contributed by atoms with Crippen molar-refractivity contribution in [1.82, 2.24) is 5.32 Å². The van der Waals surface area contributed by atoms with Crippen molar-refractivity contribution in [2.24, 2.45) is 0 Å². The van der Waals surface area contributed by atoms with E-state index < -0.39 is 11.9 Å². The first-order valence-corrected chi connectivity index (χ1v) is 10.1. The molecule has 150 valence electrons. The van der Waals surface area contributed by atoms with Crippen LogP contribution in [-0.2, 0) is 14.3 Å². The lowest BCUT2D eigenvalue weighted by Gasteiger charge is -2.14. The van der Waals surface area contributed by atoms with Crippen molar-refractivity contribution in [2.45, 2.75) is 19.9 Å². The highest BCUT2D eigenvalue weighted by molar-refractivity contribution is 14.1. The topological polar surface area (TPSA) is 88.4 Å². The van der Waals surface area contributed by atoms with Gasteiger partial charge in [0.15, 0.2) is 6.61 Å². The molecule has 0 radical (unpaired) electrons. The number of rotatable bonds is 8. The van der Waals surface area contributed by atoms with E-state index in [4.69, 9.17) is 9.47 Å². The van der Waals surface area contributed by atoms with Gasteiger partial charge in [-0.25, -0.2) is 4.79 Å². The van der Waals surface area contributed by atoms with Crippen molar-refractivity contribution < 1.29 is 19.1 Å². The minimum atomic E-state index is -0.443. The molecule has 0 heterocycles. The number of hydrogen-bond acceptors (Lipinski definition) is 5. The fraction of sp³-hybridized carbons (Fsp3) is 0.227. The van der Waals surface area contributed by atoms with Crippen LogP contribution in [0.25, 0.3) is 6.08 Å². The van der Waals surface area contributed by atoms with E-state index in [1.165, 1.54) is 6.08 Å². The van der Waals surface area contributed by atoms with Gasteiger partial charge in [0.05, 0.1) is 16.2 Å². The van der Waals surface area contributed by atoms with Crippen LogP contribution in [0.4, 0.5) is 0 Å². The number of amides is 1. The number of halogens is 1. The maximum Gasteiger partial charge on any atom is 0.344 e. The quantitative estimate of drug-likeness (QED) is 0.254. The van der Waals surface area contributed by atoms with Crippen LogP contribution >= 0.6 is 22.6 Å². The van der Waals surface area contributed by atoms with Crippen LogP contribution in [0.1, 0.15) is 31.0 Å². The van der Waals surface area contributed by atoms with Gasteiger partial charge in [-0.3, -0.25) is 4.79 Å². The molecule has 0 aliphatic rings. The molecule has 0 saturated heterocycles. The van der Waals surface area contributed by atoms with Crippen LogP contribution in [0, 0.1) is 14.9 Å². The Morgan fingerprint density at radius 2 is 1.97 bits per heavy atom. The molecule has 2 aromatic rings. The Kier molecular flexibility index (Phi) is 8.68. The highest BCUT2D eigenvalue weighted by Crippen LogP contribution is 2.23. The van der Waals surface area contributed by atoms with E-state index in [2.05, 4.69) is 27.9 Å². The third-order valence-electron chi connectivity index (χ3n) is 3.93. The summed E-state index contributed by atoms with van der Waals surface area (Å²) in [6, 6.07) is 16.4. The predicted octanol–water partition coefficient (Wildman–Crippen LogP) is 4.02. The van der Waals surface area contributed by atoms with Crippen molar-refractivity contribution in [3.8, 4) is 11.8 Å². The third-order valence-corrected chi connectivity index (χ3v) is 4.77. The summed E-state index contributed by atoms with van der Waals surface area (Å²) >= 11 is 2.07. The summed E-state index contributed by atoms with van der Waals surface area (Å²) in [4.78, 5) is 23.9. The van der Waals surface area contributed by atoms with E-state index in [0.717, 1.165) is 9.13 Å². The van der Waals surface area contributed by atoms with Crippen molar-refractivity contribution in [3.63, 3.8) is 0 Å². The van der Waals surface area contributed by atoms with E-state index in [1.54, 1.807) is 25.1 Å². The molecule has 2 aromatic carbocycles. The average Bonchev–Trinajstić information content (AvgIpc) is 2.72. The largest absolute Gasteiger partial charge is 0.481 e. The molecule has 0 aliphatic carbocycles. The Labute approximate surface area is 183 Å². The zero-order valence-corrected chi connectivity index (χ0v) is 18.3. The number of nitrogens with zero attached hydrogens (tertiary/aromatic N) is 1. The van der Waals surface area contributed by atoms with Gasteiger partial charge in [-0.2, -0.15) is 5.26 Å². The molecule has 0 spiro atoms. The van der Waals surface area contributed by atoms with Gasteiger partial charge < -0.3 is 14.8 Å². The number of nitrogens with one attached hydrogen (secondary N) is 1. The first-order valence-electron chi connectivity index (χ1n) is 9.00. The molecule has 1 atom stereocenters. The highest BCUT2D eigenvalue weighted by atomic mass is 127. The molecule has 0 aromatic heterocycles. The number of benzene rings is 2. The minimum Gasteiger partial charge on any atom is -0.481 e. The summed E-state index contributed by atoms with van der Waals surface area (Å²) in [5.41, 5.74) is 1.64. The van der Waals surface area contributed by atoms with Gasteiger partial charge in [0.1, 0.15) is 17.4 Å². The summed E-state index contributed by atoms with van der Waals surface area (Å²) < 4.78 is 11.0. The molecule has 6 nitrogen and oxygen atoms in total. The lowest BCUT2D eigenvalue weighted by atomic mass is 10.1. The van der Waals surface area contributed by atoms with E-state index >= 15 is 0 Å². The van der Waals surface area contributed by atoms with Gasteiger partial charge in [0.2, 0.25) is 0 Å². The SMILES string of the molecule is CCOC(=O)COc1ccc(/C=C(/C#N)C(=O)N[C@@H](C)c2ccccc2)cc1I. The molecule has 7 heteroatoms. The molecule has 1 N–H and O–H groups in total. The second-order valence-electron chi connectivity index (χ2n) is 6.06. The van der Waals surface area contributed by atoms with E-state index in [9.17, 15) is 14.9 Å². The molecular formula is C22H21IN2O4. The number of hydrogen-bond donors (Lipinski definition) is 1. The molecule has 2 rings (SSSR count). The molecular weight excluding hydrogens is 483 g/mol. The maximum absolute atomic E-state index is 12.5. The summed E-state index contributed by atoms with van der Waals surface area (Å²) in [7, 11) is 0. The number of ether oxygens (including phenoxy) is 2. The summed E-state index contributed by atoms with van der Waals surface area (Å²) in [6.07, 6.45) is 1.52. The van der Waals surface area contributed by atoms with Crippen LogP contribution in [0.3, 0.4) is 0 Å². The van der Waals surface area contributed by atoms with Crippen molar-refractivity contribution >= 4 is 40.5 Å². The van der Waals surface area contributed by atoms with Gasteiger partial charge in [-0.15, -0.1) is 0 Å². The van der Waals surface area contributed by atoms with Gasteiger partial charge in [-0.05, 0) is 65.8 Å².